The van der Waals surface area contributed by atoms with Gasteiger partial charge in [0.15, 0.2) is 0 Å². The fourth-order valence-corrected chi connectivity index (χ4v) is 1.36. The van der Waals surface area contributed by atoms with Crippen molar-refractivity contribution in [1.82, 2.24) is 9.71 Å². The molecule has 1 rings (SSSR count). The maximum atomic E-state index is 11.2. The zero-order valence-corrected chi connectivity index (χ0v) is 9.66. The predicted octanol–water partition coefficient (Wildman–Crippen LogP) is -0.664. The molecule has 0 aliphatic carbocycles. The summed E-state index contributed by atoms with van der Waals surface area (Å²) in [5.41, 5.74) is 4.62. The van der Waals surface area contributed by atoms with Crippen molar-refractivity contribution in [3.05, 3.63) is 34.6 Å². The largest absolute Gasteiger partial charge is 0.409 e. The maximum Gasteiger partial charge on any atom is 0.382 e. The normalized spacial score (nSPS) is 11.9. The minimum Gasteiger partial charge on any atom is -0.409 e. The first kappa shape index (κ1) is 13.4. The van der Waals surface area contributed by atoms with Crippen LogP contribution in [0.25, 0.3) is 0 Å². The second-order valence-corrected chi connectivity index (χ2v) is 4.53. The van der Waals surface area contributed by atoms with Crippen LogP contribution in [0.15, 0.2) is 29.0 Å². The van der Waals surface area contributed by atoms with Crippen LogP contribution < -0.4 is 16.3 Å². The van der Waals surface area contributed by atoms with E-state index < -0.39 is 13.3 Å². The van der Waals surface area contributed by atoms with Crippen LogP contribution in [0, 0.1) is 0 Å². The van der Waals surface area contributed by atoms with Crippen LogP contribution in [0.3, 0.4) is 0 Å². The van der Waals surface area contributed by atoms with Gasteiger partial charge in [0.1, 0.15) is 12.4 Å². The Kier molecular flexibility index (Phi) is 4.45. The lowest BCUT2D eigenvalue weighted by Crippen LogP contribution is -2.29. The van der Waals surface area contributed by atoms with Gasteiger partial charge < -0.3 is 20.4 Å². The third-order valence-electron chi connectivity index (χ3n) is 1.61. The molecule has 1 heterocycles. The summed E-state index contributed by atoms with van der Waals surface area (Å²) >= 11 is 0. The highest BCUT2D eigenvalue weighted by Gasteiger charge is 2.04. The Morgan fingerprint density at radius 3 is 2.88 bits per heavy atom. The molecule has 94 valence electrons. The van der Waals surface area contributed by atoms with E-state index >= 15 is 0 Å². The van der Waals surface area contributed by atoms with Crippen LogP contribution in [0.5, 0.6) is 0 Å². The van der Waals surface area contributed by atoms with Crippen molar-refractivity contribution in [3.8, 4) is 0 Å². The Bertz CT molecular complexity index is 506. The van der Waals surface area contributed by atoms with E-state index in [1.807, 2.05) is 0 Å². The summed E-state index contributed by atoms with van der Waals surface area (Å²) in [5.74, 6) is 0.872. The van der Waals surface area contributed by atoms with E-state index in [1.165, 1.54) is 18.3 Å². The van der Waals surface area contributed by atoms with Crippen molar-refractivity contribution < 1.29 is 19.2 Å². The Hall–Kier alpha value is -1.63. The predicted molar refractivity (Wildman–Crippen MR) is 60.2 cm³/mol. The van der Waals surface area contributed by atoms with E-state index in [-0.39, 0.29) is 18.8 Å². The highest BCUT2D eigenvalue weighted by molar-refractivity contribution is 7.55. The smallest absolute Gasteiger partial charge is 0.382 e. The third-order valence-corrected chi connectivity index (χ3v) is 2.21. The van der Waals surface area contributed by atoms with Gasteiger partial charge in [0.05, 0.1) is 6.20 Å². The van der Waals surface area contributed by atoms with Gasteiger partial charge in [0, 0.05) is 18.3 Å². The molecule has 0 spiro atoms. The molecular formula is C8H12N3O5P. The molecule has 0 bridgehead atoms. The summed E-state index contributed by atoms with van der Waals surface area (Å²) < 4.78 is 11.3. The number of anilines is 1. The molecule has 0 saturated heterocycles. The van der Waals surface area contributed by atoms with Gasteiger partial charge in [0.25, 0.3) is 0 Å². The first-order valence-electron chi connectivity index (χ1n) is 4.60. The zero-order valence-electron chi connectivity index (χ0n) is 8.76. The minimum atomic E-state index is -4.13. The monoisotopic (exact) mass is 261 g/mol. The van der Waals surface area contributed by atoms with Crippen LogP contribution in [0.4, 0.5) is 5.82 Å². The lowest BCUT2D eigenvalue weighted by atomic mass is 10.5. The first-order valence-corrected chi connectivity index (χ1v) is 6.28. The average molecular weight is 261 g/mol. The van der Waals surface area contributed by atoms with E-state index in [1.54, 1.807) is 0 Å². The Balaban J connectivity index is 2.44. The SMILES string of the molecule is Nc1ccn(OCC/C=C/P(=O)(O)O)c(=O)n1. The van der Waals surface area contributed by atoms with Crippen LogP contribution in [0.1, 0.15) is 6.42 Å². The van der Waals surface area contributed by atoms with Crippen LogP contribution in [0.2, 0.25) is 0 Å². The molecule has 0 aliphatic rings. The van der Waals surface area contributed by atoms with Crippen molar-refractivity contribution in [2.75, 3.05) is 12.3 Å². The number of hydrogen-bond acceptors (Lipinski definition) is 5. The molecule has 0 amide bonds. The van der Waals surface area contributed by atoms with E-state index in [0.717, 1.165) is 10.5 Å². The Labute approximate surface area is 96.5 Å². The van der Waals surface area contributed by atoms with Crippen molar-refractivity contribution in [2.45, 2.75) is 6.42 Å². The fraction of sp³-hybridized carbons (Fsp3) is 0.250. The van der Waals surface area contributed by atoms with Crippen LogP contribution in [-0.4, -0.2) is 26.1 Å². The zero-order chi connectivity index (χ0) is 12.9. The summed E-state index contributed by atoms with van der Waals surface area (Å²) in [6, 6.07) is 1.40. The number of nitrogens with zero attached hydrogens (tertiary/aromatic N) is 2. The van der Waals surface area contributed by atoms with Crippen molar-refractivity contribution in [2.24, 2.45) is 0 Å². The molecule has 17 heavy (non-hydrogen) atoms. The molecule has 0 fully saturated rings. The molecule has 8 nitrogen and oxygen atoms in total. The van der Waals surface area contributed by atoms with Gasteiger partial charge in [-0.3, -0.25) is 4.57 Å². The van der Waals surface area contributed by atoms with E-state index in [9.17, 15) is 9.36 Å². The van der Waals surface area contributed by atoms with Gasteiger partial charge in [0.2, 0.25) is 0 Å². The standard InChI is InChI=1S/C8H12N3O5P/c9-7-3-4-11(8(12)10-7)16-5-1-2-6-17(13,14)15/h2-4,6H,1,5H2,(H2,9,10,12)(H2,13,14,15)/b6-2+. The molecule has 0 atom stereocenters. The lowest BCUT2D eigenvalue weighted by molar-refractivity contribution is 0.102. The molecule has 0 saturated carbocycles. The molecule has 4 N–H and O–H groups in total. The fourth-order valence-electron chi connectivity index (χ4n) is 0.934. The topological polar surface area (TPSA) is 128 Å². The summed E-state index contributed by atoms with van der Waals surface area (Å²) in [5, 5.41) is 0. The van der Waals surface area contributed by atoms with Gasteiger partial charge in [-0.15, -0.1) is 4.73 Å². The summed E-state index contributed by atoms with van der Waals surface area (Å²) in [6.45, 7) is 0.0853. The Morgan fingerprint density at radius 2 is 2.29 bits per heavy atom. The molecule has 9 heteroatoms. The average Bonchev–Trinajstić information content (AvgIpc) is 2.18. The van der Waals surface area contributed by atoms with Gasteiger partial charge >= 0.3 is 13.3 Å². The van der Waals surface area contributed by atoms with Gasteiger partial charge in [-0.2, -0.15) is 4.98 Å². The van der Waals surface area contributed by atoms with Crippen LogP contribution in [-0.2, 0) is 4.57 Å². The number of nitrogen functional groups attached to an aromatic ring is 1. The van der Waals surface area contributed by atoms with E-state index in [4.69, 9.17) is 20.4 Å². The highest BCUT2D eigenvalue weighted by Crippen LogP contribution is 2.35. The van der Waals surface area contributed by atoms with Crippen LogP contribution >= 0.6 is 7.60 Å². The van der Waals surface area contributed by atoms with Crippen molar-refractivity contribution in [1.29, 1.82) is 0 Å². The van der Waals surface area contributed by atoms with Gasteiger partial charge in [-0.05, 0) is 0 Å². The number of aromatic nitrogens is 2. The van der Waals surface area contributed by atoms with Crippen molar-refractivity contribution in [3.63, 3.8) is 0 Å². The molecular weight excluding hydrogens is 249 g/mol. The maximum absolute atomic E-state index is 11.2. The molecule has 1 aromatic rings. The van der Waals surface area contributed by atoms with E-state index in [0.29, 0.717) is 0 Å². The molecule has 0 unspecified atom stereocenters. The number of rotatable bonds is 5. The minimum absolute atomic E-state index is 0.0853. The van der Waals surface area contributed by atoms with Gasteiger partial charge in [-0.1, -0.05) is 6.08 Å². The number of nitrogens with two attached hydrogens (primary N) is 1. The molecule has 1 aromatic heterocycles. The summed E-state index contributed by atoms with van der Waals surface area (Å²) in [6.07, 6.45) is 2.84. The summed E-state index contributed by atoms with van der Waals surface area (Å²) in [7, 11) is -4.13. The second-order valence-electron chi connectivity index (χ2n) is 3.06. The molecule has 0 aliphatic heterocycles. The first-order chi connectivity index (χ1) is 7.88. The number of hydrogen-bond donors (Lipinski definition) is 3. The quantitative estimate of drug-likeness (QED) is 0.474. The van der Waals surface area contributed by atoms with E-state index in [2.05, 4.69) is 4.98 Å². The van der Waals surface area contributed by atoms with Gasteiger partial charge in [-0.25, -0.2) is 4.79 Å². The molecule has 0 radical (unpaired) electrons. The summed E-state index contributed by atoms with van der Waals surface area (Å²) in [4.78, 5) is 36.6. The lowest BCUT2D eigenvalue weighted by Gasteiger charge is -2.05. The highest BCUT2D eigenvalue weighted by atomic mass is 31.2. The molecule has 0 aromatic carbocycles. The van der Waals surface area contributed by atoms with Crippen molar-refractivity contribution >= 4 is 13.4 Å². The Morgan fingerprint density at radius 1 is 1.59 bits per heavy atom. The third kappa shape index (κ3) is 5.30. The second kappa shape index (κ2) is 5.62.